The summed E-state index contributed by atoms with van der Waals surface area (Å²) in [5, 5.41) is 2.57. The summed E-state index contributed by atoms with van der Waals surface area (Å²) < 4.78 is 1.62. The first-order chi connectivity index (χ1) is 7.00. The van der Waals surface area contributed by atoms with E-state index in [0.717, 1.165) is 0 Å². The molecule has 0 spiro atoms. The average molecular weight is 210 g/mol. The van der Waals surface area contributed by atoms with E-state index in [1.165, 1.54) is 0 Å². The van der Waals surface area contributed by atoms with Crippen LogP contribution < -0.4 is 16.8 Å². The highest BCUT2D eigenvalue weighted by Gasteiger charge is 2.10. The third-order valence-electron chi connectivity index (χ3n) is 1.92. The smallest absolute Gasteiger partial charge is 0.267 e. The van der Waals surface area contributed by atoms with Gasteiger partial charge < -0.3 is 21.4 Å². The molecular formula is C9H14N4O2. The number of hydrogen-bond acceptors (Lipinski definition) is 3. The topological polar surface area (TPSA) is 103 Å². The van der Waals surface area contributed by atoms with Crippen molar-refractivity contribution < 1.29 is 9.59 Å². The monoisotopic (exact) mass is 210 g/mol. The Morgan fingerprint density at radius 1 is 1.53 bits per heavy atom. The lowest BCUT2D eigenvalue weighted by atomic mass is 10.3. The summed E-state index contributed by atoms with van der Waals surface area (Å²) in [6.07, 6.45) is 1.77. The van der Waals surface area contributed by atoms with E-state index in [9.17, 15) is 9.59 Å². The molecule has 6 nitrogen and oxygen atoms in total. The van der Waals surface area contributed by atoms with Crippen molar-refractivity contribution in [3.63, 3.8) is 0 Å². The van der Waals surface area contributed by atoms with E-state index in [1.54, 1.807) is 23.9 Å². The van der Waals surface area contributed by atoms with Crippen LogP contribution in [0.2, 0.25) is 0 Å². The highest BCUT2D eigenvalue weighted by atomic mass is 16.2. The number of nitrogens with one attached hydrogen (secondary N) is 1. The van der Waals surface area contributed by atoms with Gasteiger partial charge in [-0.2, -0.15) is 0 Å². The van der Waals surface area contributed by atoms with Gasteiger partial charge in [-0.1, -0.05) is 0 Å². The Hall–Kier alpha value is -1.98. The molecule has 0 aliphatic rings. The van der Waals surface area contributed by atoms with Crippen LogP contribution in [0, 0.1) is 0 Å². The number of anilines is 1. The number of nitrogens with zero attached hydrogens (tertiary/aromatic N) is 1. The second kappa shape index (κ2) is 4.50. The Labute approximate surface area is 87.2 Å². The SMILES string of the molecule is Cn1cc(N)cc1C(=O)NCCC(N)=O. The van der Waals surface area contributed by atoms with Gasteiger partial charge in [-0.25, -0.2) is 0 Å². The van der Waals surface area contributed by atoms with E-state index in [-0.39, 0.29) is 18.9 Å². The van der Waals surface area contributed by atoms with Gasteiger partial charge >= 0.3 is 0 Å². The van der Waals surface area contributed by atoms with Gasteiger partial charge in [-0.15, -0.1) is 0 Å². The van der Waals surface area contributed by atoms with E-state index in [2.05, 4.69) is 5.32 Å². The molecule has 2 amide bonds. The van der Waals surface area contributed by atoms with Gasteiger partial charge in [0.1, 0.15) is 5.69 Å². The maximum absolute atomic E-state index is 11.5. The van der Waals surface area contributed by atoms with Crippen LogP contribution in [0.15, 0.2) is 12.3 Å². The van der Waals surface area contributed by atoms with Crippen LogP contribution in [0.3, 0.4) is 0 Å². The van der Waals surface area contributed by atoms with Gasteiger partial charge in [0, 0.05) is 26.2 Å². The fourth-order valence-electron chi connectivity index (χ4n) is 1.21. The van der Waals surface area contributed by atoms with Gasteiger partial charge in [0.15, 0.2) is 0 Å². The molecule has 6 heteroatoms. The van der Waals surface area contributed by atoms with Crippen LogP contribution in [0.4, 0.5) is 5.69 Å². The molecule has 1 rings (SSSR count). The maximum Gasteiger partial charge on any atom is 0.267 e. The molecule has 0 radical (unpaired) electrons. The third kappa shape index (κ3) is 3.01. The molecule has 1 aromatic heterocycles. The van der Waals surface area contributed by atoms with Crippen LogP contribution in [0.25, 0.3) is 0 Å². The molecule has 0 bridgehead atoms. The number of amides is 2. The first-order valence-corrected chi connectivity index (χ1v) is 4.49. The molecular weight excluding hydrogens is 196 g/mol. The summed E-state index contributed by atoms with van der Waals surface area (Å²) >= 11 is 0. The fraction of sp³-hybridized carbons (Fsp3) is 0.333. The average Bonchev–Trinajstić information content (AvgIpc) is 2.44. The van der Waals surface area contributed by atoms with E-state index in [0.29, 0.717) is 11.4 Å². The molecule has 82 valence electrons. The normalized spacial score (nSPS) is 9.93. The minimum absolute atomic E-state index is 0.131. The number of hydrogen-bond donors (Lipinski definition) is 3. The highest BCUT2D eigenvalue weighted by Crippen LogP contribution is 2.07. The van der Waals surface area contributed by atoms with Crippen molar-refractivity contribution >= 4 is 17.5 Å². The summed E-state index contributed by atoms with van der Waals surface area (Å²) in [6, 6.07) is 1.57. The summed E-state index contributed by atoms with van der Waals surface area (Å²) in [7, 11) is 1.72. The second-order valence-corrected chi connectivity index (χ2v) is 3.24. The quantitative estimate of drug-likeness (QED) is 0.606. The lowest BCUT2D eigenvalue weighted by molar-refractivity contribution is -0.117. The van der Waals surface area contributed by atoms with Crippen molar-refractivity contribution in [3.8, 4) is 0 Å². The zero-order chi connectivity index (χ0) is 11.4. The minimum Gasteiger partial charge on any atom is -0.397 e. The second-order valence-electron chi connectivity index (χ2n) is 3.24. The van der Waals surface area contributed by atoms with E-state index < -0.39 is 5.91 Å². The van der Waals surface area contributed by atoms with Crippen molar-refractivity contribution in [1.29, 1.82) is 0 Å². The predicted octanol–water partition coefficient (Wildman–Crippen LogP) is -0.787. The minimum atomic E-state index is -0.443. The Bertz CT molecular complexity index is 383. The van der Waals surface area contributed by atoms with Crippen LogP contribution >= 0.6 is 0 Å². The van der Waals surface area contributed by atoms with Gasteiger partial charge in [-0.3, -0.25) is 9.59 Å². The van der Waals surface area contributed by atoms with E-state index >= 15 is 0 Å². The van der Waals surface area contributed by atoms with Gasteiger partial charge in [-0.05, 0) is 6.07 Å². The number of carbonyl (C=O) groups is 2. The summed E-state index contributed by atoms with van der Waals surface area (Å²) in [4.78, 5) is 22.0. The lowest BCUT2D eigenvalue weighted by Crippen LogP contribution is -2.29. The lowest BCUT2D eigenvalue weighted by Gasteiger charge is -2.04. The summed E-state index contributed by atoms with van der Waals surface area (Å²) in [6.45, 7) is 0.235. The maximum atomic E-state index is 11.5. The number of carbonyl (C=O) groups excluding carboxylic acids is 2. The highest BCUT2D eigenvalue weighted by molar-refractivity contribution is 5.94. The zero-order valence-corrected chi connectivity index (χ0v) is 8.49. The molecule has 0 saturated carbocycles. The molecule has 0 aliphatic heterocycles. The number of aromatic nitrogens is 1. The molecule has 0 fully saturated rings. The van der Waals surface area contributed by atoms with Gasteiger partial charge in [0.25, 0.3) is 5.91 Å². The van der Waals surface area contributed by atoms with Crippen molar-refractivity contribution in [2.75, 3.05) is 12.3 Å². The summed E-state index contributed by atoms with van der Waals surface area (Å²) in [5.41, 5.74) is 11.4. The molecule has 15 heavy (non-hydrogen) atoms. The molecule has 0 aliphatic carbocycles. The zero-order valence-electron chi connectivity index (χ0n) is 8.49. The number of nitrogens with two attached hydrogens (primary N) is 2. The van der Waals surface area contributed by atoms with Crippen molar-refractivity contribution in [1.82, 2.24) is 9.88 Å². The first-order valence-electron chi connectivity index (χ1n) is 4.49. The largest absolute Gasteiger partial charge is 0.397 e. The predicted molar refractivity (Wildman–Crippen MR) is 56.0 cm³/mol. The Balaban J connectivity index is 2.54. The number of rotatable bonds is 4. The fourth-order valence-corrected chi connectivity index (χ4v) is 1.21. The number of aryl methyl sites for hydroxylation is 1. The van der Waals surface area contributed by atoms with Crippen LogP contribution in [0.1, 0.15) is 16.9 Å². The van der Waals surface area contributed by atoms with E-state index in [1.807, 2.05) is 0 Å². The third-order valence-corrected chi connectivity index (χ3v) is 1.92. The molecule has 1 aromatic rings. The molecule has 0 atom stereocenters. The Morgan fingerprint density at radius 3 is 2.67 bits per heavy atom. The van der Waals surface area contributed by atoms with Gasteiger partial charge in [0.05, 0.1) is 5.69 Å². The molecule has 0 aromatic carbocycles. The van der Waals surface area contributed by atoms with Crippen molar-refractivity contribution in [3.05, 3.63) is 18.0 Å². The van der Waals surface area contributed by atoms with Crippen molar-refractivity contribution in [2.24, 2.45) is 12.8 Å². The van der Waals surface area contributed by atoms with E-state index in [4.69, 9.17) is 11.5 Å². The van der Waals surface area contributed by atoms with Crippen molar-refractivity contribution in [2.45, 2.75) is 6.42 Å². The standard InChI is InChI=1S/C9H14N4O2/c1-13-5-6(10)4-7(13)9(15)12-3-2-8(11)14/h4-5H,2-3,10H2,1H3,(H2,11,14)(H,12,15). The molecule has 0 unspecified atom stereocenters. The van der Waals surface area contributed by atoms with Gasteiger partial charge in [0.2, 0.25) is 5.91 Å². The Kier molecular flexibility index (Phi) is 3.33. The number of primary amides is 1. The Morgan fingerprint density at radius 2 is 2.20 bits per heavy atom. The molecule has 5 N–H and O–H groups in total. The van der Waals surface area contributed by atoms with Crippen LogP contribution in [-0.2, 0) is 11.8 Å². The summed E-state index contributed by atoms with van der Waals surface area (Å²) in [5.74, 6) is -0.711. The van der Waals surface area contributed by atoms with Crippen LogP contribution in [-0.4, -0.2) is 22.9 Å². The first kappa shape index (κ1) is 11.1. The molecule has 1 heterocycles. The molecule has 0 saturated heterocycles. The van der Waals surface area contributed by atoms with Crippen LogP contribution in [0.5, 0.6) is 0 Å². The number of nitrogen functional groups attached to an aromatic ring is 1.